The number of aliphatic carboxylic acids is 1. The van der Waals surface area contributed by atoms with Gasteiger partial charge in [0, 0.05) is 11.8 Å². The van der Waals surface area contributed by atoms with Crippen LogP contribution in [-0.4, -0.2) is 52.7 Å². The minimum atomic E-state index is -1.10. The Hall–Kier alpha value is -2.58. The molecule has 2 fully saturated rings. The predicted molar refractivity (Wildman–Crippen MR) is 110 cm³/mol. The number of carboxylic acids is 1. The number of thioether (sulfide) groups is 1. The van der Waals surface area contributed by atoms with Crippen molar-refractivity contribution < 1.29 is 19.8 Å². The van der Waals surface area contributed by atoms with E-state index in [-0.39, 0.29) is 11.3 Å². The Kier molecular flexibility index (Phi) is 3.79. The van der Waals surface area contributed by atoms with Gasteiger partial charge in [-0.25, -0.2) is 9.78 Å². The van der Waals surface area contributed by atoms with E-state index in [1.54, 1.807) is 0 Å². The summed E-state index contributed by atoms with van der Waals surface area (Å²) in [5.41, 5.74) is 1.64. The van der Waals surface area contributed by atoms with Crippen molar-refractivity contribution in [2.45, 2.75) is 36.1 Å². The van der Waals surface area contributed by atoms with Crippen LogP contribution in [0.25, 0.3) is 21.8 Å². The summed E-state index contributed by atoms with van der Waals surface area (Å²) in [5.74, 6) is -1.62. The molecular weight excluding hydrogens is 390 g/mol. The third-order valence-corrected chi connectivity index (χ3v) is 7.70. The molecule has 2 aliphatic heterocycles. The van der Waals surface area contributed by atoms with E-state index in [1.165, 1.54) is 16.7 Å². The molecule has 0 aliphatic carbocycles. The number of carbonyl (C=O) groups excluding carboxylic acids is 1. The summed E-state index contributed by atoms with van der Waals surface area (Å²) in [6, 6.07) is 11.1. The molecular formula is C21H21N3O4S. The molecule has 1 aromatic heterocycles. The van der Waals surface area contributed by atoms with Crippen molar-refractivity contribution in [3.63, 3.8) is 0 Å². The Balaban J connectivity index is 1.53. The number of aliphatic hydroxyl groups is 1. The van der Waals surface area contributed by atoms with Gasteiger partial charge in [0.05, 0.1) is 16.4 Å². The maximum Gasteiger partial charge on any atom is 0.327 e. The summed E-state index contributed by atoms with van der Waals surface area (Å²) in [4.78, 5) is 30.6. The minimum Gasteiger partial charge on any atom is -0.480 e. The van der Waals surface area contributed by atoms with Gasteiger partial charge in [-0.2, -0.15) is 0 Å². The zero-order chi connectivity index (χ0) is 20.7. The van der Waals surface area contributed by atoms with E-state index in [4.69, 9.17) is 0 Å². The predicted octanol–water partition coefficient (Wildman–Crippen LogP) is 2.52. The second kappa shape index (κ2) is 5.96. The van der Waals surface area contributed by atoms with E-state index >= 15 is 0 Å². The van der Waals surface area contributed by atoms with Gasteiger partial charge in [0.2, 0.25) is 5.91 Å². The van der Waals surface area contributed by atoms with Crippen LogP contribution >= 0.6 is 11.8 Å². The quantitative estimate of drug-likeness (QED) is 0.643. The first kappa shape index (κ1) is 18.4. The first-order valence-corrected chi connectivity index (χ1v) is 10.3. The van der Waals surface area contributed by atoms with Gasteiger partial charge in [-0.05, 0) is 36.8 Å². The van der Waals surface area contributed by atoms with Crippen molar-refractivity contribution in [2.75, 3.05) is 0 Å². The third kappa shape index (κ3) is 2.45. The number of hydrogen-bond acceptors (Lipinski definition) is 5. The molecule has 0 spiro atoms. The van der Waals surface area contributed by atoms with Crippen molar-refractivity contribution >= 4 is 45.4 Å². The molecule has 2 aromatic carbocycles. The highest BCUT2D eigenvalue weighted by molar-refractivity contribution is 8.01. The van der Waals surface area contributed by atoms with Crippen LogP contribution in [0.2, 0.25) is 0 Å². The number of carbonyl (C=O) groups is 2. The molecule has 4 atom stereocenters. The average Bonchev–Trinajstić information content (AvgIpc) is 3.11. The first-order chi connectivity index (χ1) is 13.7. The number of β-lactam (4-membered cyclic amide) rings is 1. The lowest BCUT2D eigenvalue weighted by atomic mass is 9.87. The maximum atomic E-state index is 12.8. The number of rotatable bonds is 3. The van der Waals surface area contributed by atoms with E-state index in [0.717, 1.165) is 21.8 Å². The van der Waals surface area contributed by atoms with Crippen LogP contribution < -0.4 is 0 Å². The lowest BCUT2D eigenvalue weighted by Gasteiger charge is -2.45. The molecule has 0 radical (unpaired) electrons. The molecule has 29 heavy (non-hydrogen) atoms. The summed E-state index contributed by atoms with van der Waals surface area (Å²) < 4.78 is 1.20. The largest absolute Gasteiger partial charge is 0.480 e. The lowest BCUT2D eigenvalue weighted by Crippen LogP contribution is -2.64. The zero-order valence-corrected chi connectivity index (χ0v) is 17.1. The minimum absolute atomic E-state index is 0.329. The summed E-state index contributed by atoms with van der Waals surface area (Å²) >= 11 is 1.43. The lowest BCUT2D eigenvalue weighted by molar-refractivity contribution is -0.169. The molecule has 2 aliphatic rings. The standard InChI is InChI=1S/C21H21N3O4S/c1-21(2)16(20(27)28)24-18(26)14(19(24)29-21)15(25)17-22-12-8-10-6-4-5-7-11(10)9-13(12)23(17)3/h4-9,14-16,19,25H,1-3H3,(H,27,28)/t14-,15+,16+,19-/m1/s1. The summed E-state index contributed by atoms with van der Waals surface area (Å²) in [7, 11) is 1.83. The highest BCUT2D eigenvalue weighted by atomic mass is 32.2. The number of carboxylic acid groups (broad SMARTS) is 1. The summed E-state index contributed by atoms with van der Waals surface area (Å²) in [6.45, 7) is 3.65. The van der Waals surface area contributed by atoms with Gasteiger partial charge >= 0.3 is 5.97 Å². The van der Waals surface area contributed by atoms with E-state index in [0.29, 0.717) is 5.82 Å². The normalized spacial score (nSPS) is 26.6. The molecule has 1 amide bonds. The van der Waals surface area contributed by atoms with E-state index in [1.807, 2.05) is 61.9 Å². The number of nitrogens with zero attached hydrogens (tertiary/aromatic N) is 3. The van der Waals surface area contributed by atoms with Crippen molar-refractivity contribution in [1.29, 1.82) is 0 Å². The Morgan fingerprint density at radius 1 is 1.24 bits per heavy atom. The fraction of sp³-hybridized carbons (Fsp3) is 0.381. The van der Waals surface area contributed by atoms with Crippen molar-refractivity contribution in [2.24, 2.45) is 13.0 Å². The molecule has 7 nitrogen and oxygen atoms in total. The number of fused-ring (bicyclic) bond motifs is 3. The average molecular weight is 411 g/mol. The van der Waals surface area contributed by atoms with Gasteiger partial charge < -0.3 is 19.7 Å². The van der Waals surface area contributed by atoms with Crippen LogP contribution in [0, 0.1) is 5.92 Å². The maximum absolute atomic E-state index is 12.8. The molecule has 2 N–H and O–H groups in total. The highest BCUT2D eigenvalue weighted by Crippen LogP contribution is 2.56. The van der Waals surface area contributed by atoms with Gasteiger partial charge in [-0.3, -0.25) is 4.79 Å². The number of hydrogen-bond donors (Lipinski definition) is 2. The van der Waals surface area contributed by atoms with Gasteiger partial charge in [0.15, 0.2) is 0 Å². The fourth-order valence-corrected chi connectivity index (χ4v) is 6.37. The molecule has 3 heterocycles. The number of aryl methyl sites for hydroxylation is 1. The number of aliphatic hydroxyl groups excluding tert-OH is 1. The summed E-state index contributed by atoms with van der Waals surface area (Å²) in [5, 5.41) is 22.4. The van der Waals surface area contributed by atoms with Crippen LogP contribution in [0.3, 0.4) is 0 Å². The van der Waals surface area contributed by atoms with Crippen molar-refractivity contribution in [3.05, 3.63) is 42.2 Å². The molecule has 150 valence electrons. The van der Waals surface area contributed by atoms with Crippen LogP contribution in [0.5, 0.6) is 0 Å². The smallest absolute Gasteiger partial charge is 0.327 e. The van der Waals surface area contributed by atoms with E-state index in [2.05, 4.69) is 4.98 Å². The Bertz CT molecular complexity index is 1190. The molecule has 2 saturated heterocycles. The SMILES string of the molecule is Cn1c([C@@H](O)[C@@H]2C(=O)N3[C@@H]2SC(C)(C)[C@@H]3C(=O)O)nc2cc3ccccc3cc21. The van der Waals surface area contributed by atoms with Gasteiger partial charge in [-0.15, -0.1) is 11.8 Å². The van der Waals surface area contributed by atoms with E-state index < -0.39 is 28.8 Å². The molecule has 8 heteroatoms. The Morgan fingerprint density at radius 2 is 1.90 bits per heavy atom. The summed E-state index contributed by atoms with van der Waals surface area (Å²) in [6.07, 6.45) is -1.10. The third-order valence-electron chi connectivity index (χ3n) is 6.10. The van der Waals surface area contributed by atoms with Crippen molar-refractivity contribution in [3.8, 4) is 0 Å². The molecule has 0 bridgehead atoms. The fourth-order valence-electron chi connectivity index (χ4n) is 4.65. The molecule has 0 unspecified atom stereocenters. The first-order valence-electron chi connectivity index (χ1n) is 9.46. The highest BCUT2D eigenvalue weighted by Gasteiger charge is 2.65. The molecule has 3 aromatic rings. The number of amides is 1. The van der Waals surface area contributed by atoms with Crippen LogP contribution in [0.15, 0.2) is 36.4 Å². The topological polar surface area (TPSA) is 95.7 Å². The zero-order valence-electron chi connectivity index (χ0n) is 16.2. The monoisotopic (exact) mass is 411 g/mol. The number of imidazole rings is 1. The van der Waals surface area contributed by atoms with Crippen LogP contribution in [0.4, 0.5) is 0 Å². The van der Waals surface area contributed by atoms with Gasteiger partial charge in [-0.1, -0.05) is 24.3 Å². The van der Waals surface area contributed by atoms with Crippen LogP contribution in [0.1, 0.15) is 25.8 Å². The van der Waals surface area contributed by atoms with E-state index in [9.17, 15) is 19.8 Å². The van der Waals surface area contributed by atoms with Gasteiger partial charge in [0.25, 0.3) is 0 Å². The Labute approximate surface area is 171 Å². The van der Waals surface area contributed by atoms with Crippen molar-refractivity contribution in [1.82, 2.24) is 14.5 Å². The Morgan fingerprint density at radius 3 is 2.55 bits per heavy atom. The number of aromatic nitrogens is 2. The number of benzene rings is 2. The molecule has 5 rings (SSSR count). The second-order valence-corrected chi connectivity index (χ2v) is 10.1. The molecule has 0 saturated carbocycles. The van der Waals surface area contributed by atoms with Gasteiger partial charge in [0.1, 0.15) is 23.9 Å². The van der Waals surface area contributed by atoms with Crippen LogP contribution in [-0.2, 0) is 16.6 Å². The second-order valence-electron chi connectivity index (χ2n) is 8.29.